The van der Waals surface area contributed by atoms with Crippen LogP contribution >= 0.6 is 0 Å². The molecule has 6 heteroatoms. The SMILES string of the molecule is CC(CC1CCCN1)Nc1ccc(F)cc1[N+](=O)[O-]. The molecule has 104 valence electrons. The van der Waals surface area contributed by atoms with Gasteiger partial charge in [-0.2, -0.15) is 0 Å². The molecule has 2 rings (SSSR count). The van der Waals surface area contributed by atoms with Crippen LogP contribution in [0.25, 0.3) is 0 Å². The molecule has 1 saturated heterocycles. The molecule has 1 aromatic rings. The van der Waals surface area contributed by atoms with Gasteiger partial charge in [0, 0.05) is 12.1 Å². The highest BCUT2D eigenvalue weighted by atomic mass is 19.1. The molecule has 2 unspecified atom stereocenters. The Morgan fingerprint density at radius 2 is 2.42 bits per heavy atom. The number of benzene rings is 1. The zero-order valence-electron chi connectivity index (χ0n) is 10.9. The van der Waals surface area contributed by atoms with Crippen molar-refractivity contribution < 1.29 is 9.31 Å². The monoisotopic (exact) mass is 267 g/mol. The van der Waals surface area contributed by atoms with Gasteiger partial charge in [-0.15, -0.1) is 0 Å². The lowest BCUT2D eigenvalue weighted by Crippen LogP contribution is -2.29. The van der Waals surface area contributed by atoms with Crippen molar-refractivity contribution in [1.29, 1.82) is 0 Å². The predicted molar refractivity (Wildman–Crippen MR) is 71.8 cm³/mol. The summed E-state index contributed by atoms with van der Waals surface area (Å²) in [6, 6.07) is 4.16. The van der Waals surface area contributed by atoms with Crippen LogP contribution in [0.2, 0.25) is 0 Å². The van der Waals surface area contributed by atoms with Crippen molar-refractivity contribution in [2.45, 2.75) is 38.3 Å². The summed E-state index contributed by atoms with van der Waals surface area (Å²) >= 11 is 0. The van der Waals surface area contributed by atoms with E-state index in [1.165, 1.54) is 18.6 Å². The molecular formula is C13H18FN3O2. The maximum atomic E-state index is 13.0. The Balaban J connectivity index is 2.03. The third kappa shape index (κ3) is 3.64. The molecule has 19 heavy (non-hydrogen) atoms. The van der Waals surface area contributed by atoms with Crippen LogP contribution in [0.4, 0.5) is 15.8 Å². The molecule has 0 saturated carbocycles. The van der Waals surface area contributed by atoms with Gasteiger partial charge < -0.3 is 10.6 Å². The summed E-state index contributed by atoms with van der Waals surface area (Å²) in [5, 5.41) is 17.4. The number of halogens is 1. The van der Waals surface area contributed by atoms with Crippen LogP contribution in [0.5, 0.6) is 0 Å². The number of anilines is 1. The molecule has 5 nitrogen and oxygen atoms in total. The molecule has 1 aliphatic rings. The van der Waals surface area contributed by atoms with Crippen LogP contribution < -0.4 is 10.6 Å². The van der Waals surface area contributed by atoms with Gasteiger partial charge >= 0.3 is 0 Å². The van der Waals surface area contributed by atoms with Crippen molar-refractivity contribution >= 4 is 11.4 Å². The van der Waals surface area contributed by atoms with Gasteiger partial charge in [-0.1, -0.05) is 0 Å². The molecular weight excluding hydrogens is 249 g/mol. The van der Waals surface area contributed by atoms with Gasteiger partial charge in [-0.05, 0) is 44.9 Å². The second kappa shape index (κ2) is 5.97. The molecule has 1 aromatic carbocycles. The van der Waals surface area contributed by atoms with E-state index in [-0.39, 0.29) is 11.7 Å². The van der Waals surface area contributed by atoms with Gasteiger partial charge in [-0.25, -0.2) is 4.39 Å². The third-order valence-corrected chi connectivity index (χ3v) is 3.36. The lowest BCUT2D eigenvalue weighted by molar-refractivity contribution is -0.384. The molecule has 1 fully saturated rings. The Labute approximate surface area is 111 Å². The first-order valence-corrected chi connectivity index (χ1v) is 6.50. The van der Waals surface area contributed by atoms with Crippen molar-refractivity contribution in [1.82, 2.24) is 5.32 Å². The summed E-state index contributed by atoms with van der Waals surface area (Å²) in [6.45, 7) is 3.02. The lowest BCUT2D eigenvalue weighted by Gasteiger charge is -2.19. The standard InChI is InChI=1S/C13H18FN3O2/c1-9(7-11-3-2-6-15-11)16-12-5-4-10(14)8-13(12)17(18)19/h4-5,8-9,11,15-16H,2-3,6-7H2,1H3. The summed E-state index contributed by atoms with van der Waals surface area (Å²) in [4.78, 5) is 10.3. The van der Waals surface area contributed by atoms with Crippen LogP contribution in [0, 0.1) is 15.9 Å². The third-order valence-electron chi connectivity index (χ3n) is 3.36. The van der Waals surface area contributed by atoms with Crippen molar-refractivity contribution in [2.75, 3.05) is 11.9 Å². The number of rotatable bonds is 5. The molecule has 0 spiro atoms. The maximum absolute atomic E-state index is 13.0. The van der Waals surface area contributed by atoms with Crippen molar-refractivity contribution in [3.05, 3.63) is 34.1 Å². The second-order valence-corrected chi connectivity index (χ2v) is 4.99. The smallest absolute Gasteiger partial charge is 0.295 e. The fourth-order valence-electron chi connectivity index (χ4n) is 2.49. The molecule has 0 aliphatic carbocycles. The number of hydrogen-bond donors (Lipinski definition) is 2. The first kappa shape index (κ1) is 13.7. The van der Waals surface area contributed by atoms with Crippen molar-refractivity contribution in [2.24, 2.45) is 0 Å². The van der Waals surface area contributed by atoms with Gasteiger partial charge in [0.1, 0.15) is 11.5 Å². The fourth-order valence-corrected chi connectivity index (χ4v) is 2.49. The molecule has 1 heterocycles. The average molecular weight is 267 g/mol. The van der Waals surface area contributed by atoms with E-state index in [1.54, 1.807) is 0 Å². The van der Waals surface area contributed by atoms with Crippen LogP contribution in [0.15, 0.2) is 18.2 Å². The minimum atomic E-state index is -0.595. The van der Waals surface area contributed by atoms with Gasteiger partial charge in [0.25, 0.3) is 5.69 Å². The normalized spacial score (nSPS) is 20.2. The van der Waals surface area contributed by atoms with Gasteiger partial charge in [-0.3, -0.25) is 10.1 Å². The lowest BCUT2D eigenvalue weighted by atomic mass is 10.1. The molecule has 2 atom stereocenters. The van der Waals surface area contributed by atoms with E-state index in [1.807, 2.05) is 6.92 Å². The quantitative estimate of drug-likeness (QED) is 0.635. The molecule has 1 aliphatic heterocycles. The first-order chi connectivity index (χ1) is 9.06. The summed E-state index contributed by atoms with van der Waals surface area (Å²) in [5.74, 6) is -0.595. The summed E-state index contributed by atoms with van der Waals surface area (Å²) < 4.78 is 13.0. The van der Waals surface area contributed by atoms with Gasteiger partial charge in [0.2, 0.25) is 0 Å². The van der Waals surface area contributed by atoms with E-state index in [0.717, 1.165) is 25.5 Å². The van der Waals surface area contributed by atoms with Crippen LogP contribution in [-0.4, -0.2) is 23.6 Å². The number of nitro groups is 1. The second-order valence-electron chi connectivity index (χ2n) is 4.99. The summed E-state index contributed by atoms with van der Waals surface area (Å²) in [7, 11) is 0. The zero-order valence-corrected chi connectivity index (χ0v) is 10.9. The van der Waals surface area contributed by atoms with E-state index in [0.29, 0.717) is 11.7 Å². The molecule has 0 radical (unpaired) electrons. The van der Waals surface area contributed by atoms with Gasteiger partial charge in [0.05, 0.1) is 11.0 Å². The zero-order chi connectivity index (χ0) is 13.8. The molecule has 2 N–H and O–H groups in total. The summed E-state index contributed by atoms with van der Waals surface area (Å²) in [5.41, 5.74) is 0.156. The van der Waals surface area contributed by atoms with Crippen LogP contribution in [-0.2, 0) is 0 Å². The minimum absolute atomic E-state index is 0.0970. The Kier molecular flexibility index (Phi) is 4.31. The van der Waals surface area contributed by atoms with Crippen LogP contribution in [0.3, 0.4) is 0 Å². The predicted octanol–water partition coefficient (Wildman–Crippen LogP) is 2.68. The van der Waals surface area contributed by atoms with Gasteiger partial charge in [0.15, 0.2) is 0 Å². The Hall–Kier alpha value is -1.69. The molecule has 0 aromatic heterocycles. The molecule has 0 bridgehead atoms. The van der Waals surface area contributed by atoms with E-state index < -0.39 is 10.7 Å². The summed E-state index contributed by atoms with van der Waals surface area (Å²) in [6.07, 6.45) is 3.21. The largest absolute Gasteiger partial charge is 0.377 e. The minimum Gasteiger partial charge on any atom is -0.377 e. The fraction of sp³-hybridized carbons (Fsp3) is 0.538. The first-order valence-electron chi connectivity index (χ1n) is 6.50. The topological polar surface area (TPSA) is 67.2 Å². The van der Waals surface area contributed by atoms with Crippen molar-refractivity contribution in [3.63, 3.8) is 0 Å². The number of hydrogen-bond acceptors (Lipinski definition) is 4. The highest BCUT2D eigenvalue weighted by Gasteiger charge is 2.20. The average Bonchev–Trinajstić information content (AvgIpc) is 2.83. The van der Waals surface area contributed by atoms with E-state index in [2.05, 4.69) is 10.6 Å². The maximum Gasteiger partial charge on any atom is 0.295 e. The Morgan fingerprint density at radius 3 is 3.05 bits per heavy atom. The highest BCUT2D eigenvalue weighted by Crippen LogP contribution is 2.26. The number of nitro benzene ring substituents is 1. The van der Waals surface area contributed by atoms with E-state index in [9.17, 15) is 14.5 Å². The Bertz CT molecular complexity index is 461. The Morgan fingerprint density at radius 1 is 1.63 bits per heavy atom. The number of nitrogens with one attached hydrogen (secondary N) is 2. The number of nitrogens with zero attached hydrogens (tertiary/aromatic N) is 1. The van der Waals surface area contributed by atoms with Crippen LogP contribution in [0.1, 0.15) is 26.2 Å². The van der Waals surface area contributed by atoms with E-state index >= 15 is 0 Å². The van der Waals surface area contributed by atoms with E-state index in [4.69, 9.17) is 0 Å². The van der Waals surface area contributed by atoms with Crippen molar-refractivity contribution in [3.8, 4) is 0 Å². The molecule has 0 amide bonds. The highest BCUT2D eigenvalue weighted by molar-refractivity contribution is 5.61.